The fraction of sp³-hybridized carbons (Fsp3) is 0.200. The second-order valence-electron chi connectivity index (χ2n) is 7.01. The maximum Gasteiger partial charge on any atom is 0.373 e. The highest BCUT2D eigenvalue weighted by atomic mass is 32.1. The molecule has 0 spiro atoms. The quantitative estimate of drug-likeness (QED) is 0.197. The van der Waals surface area contributed by atoms with Crippen molar-refractivity contribution in [1.29, 1.82) is 0 Å². The molecule has 0 amide bonds. The Morgan fingerprint density at radius 1 is 1.09 bits per heavy atom. The van der Waals surface area contributed by atoms with Crippen LogP contribution in [0.15, 0.2) is 64.1 Å². The van der Waals surface area contributed by atoms with Gasteiger partial charge in [0.25, 0.3) is 0 Å². The van der Waals surface area contributed by atoms with E-state index in [4.69, 9.17) is 18.6 Å². The largest absolute Gasteiger partial charge is 0.493 e. The number of carbonyl (C=O) groups excluding carboxylic acids is 1. The number of hydrogen-bond acceptors (Lipinski definition) is 7. The lowest BCUT2D eigenvalue weighted by Gasteiger charge is -2.09. The number of benzene rings is 2. The molecule has 4 rings (SSSR count). The molecule has 0 N–H and O–H groups in total. The van der Waals surface area contributed by atoms with Crippen LogP contribution in [-0.2, 0) is 20.7 Å². The lowest BCUT2D eigenvalue weighted by atomic mass is 10.1. The number of aryl methyl sites for hydroxylation is 1. The normalized spacial score (nSPS) is 11.5. The van der Waals surface area contributed by atoms with E-state index in [2.05, 4.69) is 4.98 Å². The zero-order chi connectivity index (χ0) is 22.5. The fourth-order valence-electron chi connectivity index (χ4n) is 3.36. The molecule has 0 saturated heterocycles. The molecule has 2 heterocycles. The molecule has 4 aromatic rings. The lowest BCUT2D eigenvalue weighted by molar-refractivity contribution is -0.139. The van der Waals surface area contributed by atoms with E-state index in [0.29, 0.717) is 18.9 Å². The van der Waals surface area contributed by atoms with Gasteiger partial charge in [-0.05, 0) is 54.3 Å². The topological polar surface area (TPSA) is 70.8 Å². The fourth-order valence-corrected chi connectivity index (χ4v) is 4.26. The molecule has 0 atom stereocenters. The summed E-state index contributed by atoms with van der Waals surface area (Å²) in [5.74, 6) is 1.82. The van der Waals surface area contributed by atoms with E-state index in [0.717, 1.165) is 38.4 Å². The van der Waals surface area contributed by atoms with Gasteiger partial charge in [-0.3, -0.25) is 0 Å². The molecule has 32 heavy (non-hydrogen) atoms. The summed E-state index contributed by atoms with van der Waals surface area (Å²) in [6.07, 6.45) is 2.31. The molecule has 0 saturated carbocycles. The van der Waals surface area contributed by atoms with Crippen molar-refractivity contribution in [3.8, 4) is 17.2 Å². The molecule has 0 aliphatic carbocycles. The first-order chi connectivity index (χ1) is 15.6. The number of fused-ring (bicyclic) bond motifs is 1. The van der Waals surface area contributed by atoms with Crippen LogP contribution in [0.5, 0.6) is 5.75 Å². The standard InChI is InChI=1S/C25H23NO5S/c1-16-20(26-24(31-16)17-7-5-4-6-8-17)11-13-30-21-10-9-18(23-19(21)12-14-32-23)15-22(28-2)25(27)29-3/h4-10,12,14-15H,11,13H2,1-3H3/b22-15+. The Labute approximate surface area is 190 Å². The molecule has 0 bridgehead atoms. The van der Waals surface area contributed by atoms with Crippen LogP contribution < -0.4 is 4.74 Å². The zero-order valence-corrected chi connectivity index (χ0v) is 18.9. The first-order valence-electron chi connectivity index (χ1n) is 10.1. The molecule has 0 aliphatic rings. The van der Waals surface area contributed by atoms with E-state index < -0.39 is 5.97 Å². The maximum atomic E-state index is 11.8. The van der Waals surface area contributed by atoms with Crippen molar-refractivity contribution < 1.29 is 23.4 Å². The SMILES string of the molecule is COC(=O)/C(=C\c1ccc(OCCc2nc(-c3ccccc3)oc2C)c2ccsc12)OC. The molecule has 0 fully saturated rings. The van der Waals surface area contributed by atoms with Gasteiger partial charge < -0.3 is 18.6 Å². The Hall–Kier alpha value is -3.58. The second kappa shape index (κ2) is 9.70. The minimum atomic E-state index is -0.518. The number of esters is 1. The summed E-state index contributed by atoms with van der Waals surface area (Å²) in [6.45, 7) is 2.38. The molecule has 2 aromatic heterocycles. The Balaban J connectivity index is 1.49. The summed E-state index contributed by atoms with van der Waals surface area (Å²) in [5.41, 5.74) is 2.70. The van der Waals surface area contributed by atoms with Crippen LogP contribution in [0.1, 0.15) is 17.0 Å². The van der Waals surface area contributed by atoms with Crippen LogP contribution in [0.2, 0.25) is 0 Å². The van der Waals surface area contributed by atoms with Gasteiger partial charge in [0.15, 0.2) is 0 Å². The Morgan fingerprint density at radius 3 is 2.66 bits per heavy atom. The van der Waals surface area contributed by atoms with E-state index >= 15 is 0 Å². The number of ether oxygens (including phenoxy) is 3. The van der Waals surface area contributed by atoms with Crippen LogP contribution >= 0.6 is 11.3 Å². The van der Waals surface area contributed by atoms with Gasteiger partial charge in [-0.15, -0.1) is 11.3 Å². The number of thiophene rings is 1. The average molecular weight is 450 g/mol. The Bertz CT molecular complexity index is 1260. The van der Waals surface area contributed by atoms with E-state index in [1.165, 1.54) is 14.2 Å². The first-order valence-corrected chi connectivity index (χ1v) is 11.0. The molecular formula is C25H23NO5S. The number of oxazole rings is 1. The Kier molecular flexibility index (Phi) is 6.56. The number of methoxy groups -OCH3 is 2. The van der Waals surface area contributed by atoms with E-state index in [-0.39, 0.29) is 5.76 Å². The third kappa shape index (κ3) is 4.53. The van der Waals surface area contributed by atoms with Crippen molar-refractivity contribution in [3.63, 3.8) is 0 Å². The number of hydrogen-bond donors (Lipinski definition) is 0. The Morgan fingerprint density at radius 2 is 1.91 bits per heavy atom. The maximum absolute atomic E-state index is 11.8. The van der Waals surface area contributed by atoms with Crippen molar-refractivity contribution in [2.45, 2.75) is 13.3 Å². The molecular weight excluding hydrogens is 426 g/mol. The molecule has 2 aromatic carbocycles. The summed E-state index contributed by atoms with van der Waals surface area (Å²) >= 11 is 1.57. The van der Waals surface area contributed by atoms with E-state index in [1.807, 2.05) is 60.8 Å². The van der Waals surface area contributed by atoms with E-state index in [9.17, 15) is 4.79 Å². The smallest absolute Gasteiger partial charge is 0.373 e. The lowest BCUT2D eigenvalue weighted by Crippen LogP contribution is -2.06. The van der Waals surface area contributed by atoms with Gasteiger partial charge in [0.1, 0.15) is 11.5 Å². The highest BCUT2D eigenvalue weighted by Crippen LogP contribution is 2.34. The van der Waals surface area contributed by atoms with Gasteiger partial charge in [0, 0.05) is 22.1 Å². The van der Waals surface area contributed by atoms with Crippen LogP contribution in [-0.4, -0.2) is 31.8 Å². The third-order valence-electron chi connectivity index (χ3n) is 5.01. The highest BCUT2D eigenvalue weighted by Gasteiger charge is 2.14. The van der Waals surface area contributed by atoms with E-state index in [1.54, 1.807) is 17.4 Å². The predicted octanol–water partition coefficient (Wildman–Crippen LogP) is 5.65. The summed E-state index contributed by atoms with van der Waals surface area (Å²) < 4.78 is 22.9. The molecule has 7 heteroatoms. The number of nitrogens with zero attached hydrogens (tertiary/aromatic N) is 1. The third-order valence-corrected chi connectivity index (χ3v) is 5.97. The van der Waals surface area contributed by atoms with Gasteiger partial charge in [0.2, 0.25) is 11.6 Å². The van der Waals surface area contributed by atoms with Gasteiger partial charge in [-0.25, -0.2) is 9.78 Å². The van der Waals surface area contributed by atoms with Gasteiger partial charge in [-0.1, -0.05) is 18.2 Å². The number of aromatic nitrogens is 1. The van der Waals surface area contributed by atoms with Crippen molar-refractivity contribution in [2.24, 2.45) is 0 Å². The highest BCUT2D eigenvalue weighted by molar-refractivity contribution is 7.17. The van der Waals surface area contributed by atoms with Crippen molar-refractivity contribution in [1.82, 2.24) is 4.98 Å². The molecule has 0 aliphatic heterocycles. The monoisotopic (exact) mass is 449 g/mol. The van der Waals surface area contributed by atoms with Crippen molar-refractivity contribution in [2.75, 3.05) is 20.8 Å². The summed E-state index contributed by atoms with van der Waals surface area (Å²) in [5, 5.41) is 2.97. The summed E-state index contributed by atoms with van der Waals surface area (Å²) in [6, 6.07) is 15.7. The second-order valence-corrected chi connectivity index (χ2v) is 7.92. The van der Waals surface area contributed by atoms with Crippen LogP contribution in [0.4, 0.5) is 0 Å². The number of carbonyl (C=O) groups is 1. The minimum absolute atomic E-state index is 0.145. The predicted molar refractivity (Wildman–Crippen MR) is 125 cm³/mol. The molecule has 0 unspecified atom stereocenters. The van der Waals surface area contributed by atoms with Crippen molar-refractivity contribution in [3.05, 3.63) is 76.7 Å². The van der Waals surface area contributed by atoms with Crippen LogP contribution in [0, 0.1) is 6.92 Å². The van der Waals surface area contributed by atoms with Gasteiger partial charge in [0.05, 0.1) is 26.5 Å². The molecule has 0 radical (unpaired) electrons. The van der Waals surface area contributed by atoms with Crippen LogP contribution in [0.3, 0.4) is 0 Å². The van der Waals surface area contributed by atoms with Crippen LogP contribution in [0.25, 0.3) is 27.6 Å². The summed E-state index contributed by atoms with van der Waals surface area (Å²) in [4.78, 5) is 16.5. The molecule has 164 valence electrons. The van der Waals surface area contributed by atoms with Gasteiger partial charge in [-0.2, -0.15) is 0 Å². The summed E-state index contributed by atoms with van der Waals surface area (Å²) in [7, 11) is 2.77. The van der Waals surface area contributed by atoms with Gasteiger partial charge >= 0.3 is 5.97 Å². The average Bonchev–Trinajstić information content (AvgIpc) is 3.46. The number of rotatable bonds is 8. The zero-order valence-electron chi connectivity index (χ0n) is 18.1. The minimum Gasteiger partial charge on any atom is -0.493 e. The molecule has 6 nitrogen and oxygen atoms in total. The first kappa shape index (κ1) is 21.6. The van der Waals surface area contributed by atoms with Crippen molar-refractivity contribution >= 4 is 33.5 Å².